The molecule has 0 amide bonds. The Morgan fingerprint density at radius 1 is 0.875 bits per heavy atom. The highest BCUT2D eigenvalue weighted by Crippen LogP contribution is 1.89. The molecular weight excluding hydrogens is 216 g/mol. The van der Waals surface area contributed by atoms with Crippen LogP contribution >= 0.6 is 0 Å². The van der Waals surface area contributed by atoms with Crippen LogP contribution in [0.1, 0.15) is 25.7 Å². The molecule has 0 aromatic rings. The molecule has 0 heterocycles. The summed E-state index contributed by atoms with van der Waals surface area (Å²) in [6, 6.07) is 0. The van der Waals surface area contributed by atoms with Gasteiger partial charge in [0, 0.05) is 6.42 Å². The van der Waals surface area contributed by atoms with Gasteiger partial charge in [-0.1, -0.05) is 0 Å². The second-order valence-electron chi connectivity index (χ2n) is 2.91. The Balaban J connectivity index is 0. The molecule has 7 nitrogen and oxygen atoms in total. The van der Waals surface area contributed by atoms with Gasteiger partial charge in [-0.25, -0.2) is 4.79 Å². The third-order valence-electron chi connectivity index (χ3n) is 1.46. The number of ketones is 1. The summed E-state index contributed by atoms with van der Waals surface area (Å²) in [4.78, 5) is 29.7. The van der Waals surface area contributed by atoms with Crippen molar-refractivity contribution in [3.63, 3.8) is 0 Å². The summed E-state index contributed by atoms with van der Waals surface area (Å²) in [6.07, 6.45) is 1.27. The normalized spacial score (nSPS) is 8.88. The van der Waals surface area contributed by atoms with E-state index in [1.165, 1.54) is 0 Å². The molecule has 0 bridgehead atoms. The Bertz CT molecular complexity index is 226. The van der Waals surface area contributed by atoms with Gasteiger partial charge in [0.2, 0.25) is 5.78 Å². The molecule has 94 valence electrons. The summed E-state index contributed by atoms with van der Waals surface area (Å²) in [5.41, 5.74) is 10.3. The van der Waals surface area contributed by atoms with Crippen LogP contribution < -0.4 is 11.5 Å². The fourth-order valence-corrected chi connectivity index (χ4v) is 0.616. The highest BCUT2D eigenvalue weighted by atomic mass is 16.4. The number of hydrogen-bond acceptors (Lipinski definition) is 5. The molecule has 0 spiro atoms. The number of nitrogens with two attached hydrogens (primary N) is 2. The molecule has 0 aliphatic carbocycles. The molecule has 0 unspecified atom stereocenters. The number of carboxylic acid groups (broad SMARTS) is 2. The molecule has 0 saturated carbocycles. The molecule has 0 rings (SSSR count). The molecule has 0 aliphatic rings. The van der Waals surface area contributed by atoms with Gasteiger partial charge in [-0.2, -0.15) is 0 Å². The number of carbonyl (C=O) groups excluding carboxylic acids is 1. The first-order valence-electron chi connectivity index (χ1n) is 4.83. The topological polar surface area (TPSA) is 144 Å². The molecule has 0 saturated heterocycles. The number of carboxylic acids is 2. The van der Waals surface area contributed by atoms with E-state index in [-0.39, 0.29) is 0 Å². The predicted octanol–water partition coefficient (Wildman–Crippen LogP) is -0.811. The number of carbonyl (C=O) groups is 3. The van der Waals surface area contributed by atoms with Crippen molar-refractivity contribution in [1.29, 1.82) is 0 Å². The van der Waals surface area contributed by atoms with E-state index in [1.54, 1.807) is 0 Å². The first-order valence-corrected chi connectivity index (χ1v) is 4.83. The van der Waals surface area contributed by atoms with Crippen LogP contribution in [0.15, 0.2) is 0 Å². The van der Waals surface area contributed by atoms with E-state index < -0.39 is 30.6 Å². The van der Waals surface area contributed by atoms with Gasteiger partial charge in [-0.15, -0.1) is 0 Å². The van der Waals surface area contributed by atoms with Crippen molar-refractivity contribution in [3.8, 4) is 0 Å². The summed E-state index contributed by atoms with van der Waals surface area (Å²) in [5, 5.41) is 16.0. The van der Waals surface area contributed by atoms with Crippen LogP contribution in [0, 0.1) is 0 Å². The molecule has 0 radical (unpaired) electrons. The minimum absolute atomic E-state index is 0.425. The average Bonchev–Trinajstić information content (AvgIpc) is 2.23. The summed E-state index contributed by atoms with van der Waals surface area (Å²) in [6.45, 7) is 1.55. The van der Waals surface area contributed by atoms with Gasteiger partial charge >= 0.3 is 11.9 Å². The number of aliphatic carboxylic acids is 2. The van der Waals surface area contributed by atoms with Crippen molar-refractivity contribution in [2.24, 2.45) is 11.5 Å². The van der Waals surface area contributed by atoms with Gasteiger partial charge in [-0.3, -0.25) is 9.59 Å². The van der Waals surface area contributed by atoms with Crippen molar-refractivity contribution in [2.45, 2.75) is 25.7 Å². The fourth-order valence-electron chi connectivity index (χ4n) is 0.616. The molecule has 7 heteroatoms. The molecular formula is C9H18N2O5. The minimum Gasteiger partial charge on any atom is -0.481 e. The first kappa shape index (κ1) is 16.9. The zero-order chi connectivity index (χ0) is 13.0. The fraction of sp³-hybridized carbons (Fsp3) is 0.667. The second kappa shape index (κ2) is 11.6. The monoisotopic (exact) mass is 234 g/mol. The van der Waals surface area contributed by atoms with Crippen LogP contribution in [0.3, 0.4) is 0 Å². The van der Waals surface area contributed by atoms with E-state index in [0.717, 1.165) is 25.9 Å². The molecule has 0 aromatic heterocycles. The summed E-state index contributed by atoms with van der Waals surface area (Å²) in [7, 11) is 0. The average molecular weight is 234 g/mol. The first-order chi connectivity index (χ1) is 7.45. The van der Waals surface area contributed by atoms with Gasteiger partial charge in [0.05, 0.1) is 6.42 Å². The maximum absolute atomic E-state index is 10.2. The molecule has 6 N–H and O–H groups in total. The molecule has 0 aliphatic heterocycles. The number of Topliss-reactive ketones (excluding diaryl/α,β-unsaturated/α-hetero) is 1. The van der Waals surface area contributed by atoms with Crippen LogP contribution in [0.25, 0.3) is 0 Å². The number of unbranched alkanes of at least 4 members (excludes halogenated alkanes) is 1. The third kappa shape index (κ3) is 15.0. The Morgan fingerprint density at radius 3 is 1.56 bits per heavy atom. The Kier molecular flexibility index (Phi) is 12.3. The number of rotatable bonds is 7. The van der Waals surface area contributed by atoms with Gasteiger partial charge in [0.15, 0.2) is 0 Å². The molecule has 0 atom stereocenters. The van der Waals surface area contributed by atoms with Gasteiger partial charge in [-0.05, 0) is 25.9 Å². The largest absolute Gasteiger partial charge is 0.481 e. The van der Waals surface area contributed by atoms with E-state index in [4.69, 9.17) is 21.7 Å². The Morgan fingerprint density at radius 2 is 1.31 bits per heavy atom. The zero-order valence-electron chi connectivity index (χ0n) is 9.02. The lowest BCUT2D eigenvalue weighted by molar-refractivity contribution is -0.149. The SMILES string of the molecule is NCCCCN.O=C(O)CCC(=O)C(=O)O. The second-order valence-corrected chi connectivity index (χ2v) is 2.91. The number of hydrogen-bond donors (Lipinski definition) is 4. The molecule has 0 fully saturated rings. The van der Waals surface area contributed by atoms with Crippen molar-refractivity contribution >= 4 is 17.7 Å². The van der Waals surface area contributed by atoms with Crippen LogP contribution in [0.5, 0.6) is 0 Å². The van der Waals surface area contributed by atoms with Crippen molar-refractivity contribution in [1.82, 2.24) is 0 Å². The predicted molar refractivity (Wildman–Crippen MR) is 56.9 cm³/mol. The van der Waals surface area contributed by atoms with E-state index >= 15 is 0 Å². The summed E-state index contributed by atoms with van der Waals surface area (Å²) in [5.74, 6) is -3.82. The third-order valence-corrected chi connectivity index (χ3v) is 1.46. The molecule has 16 heavy (non-hydrogen) atoms. The van der Waals surface area contributed by atoms with E-state index in [9.17, 15) is 14.4 Å². The Hall–Kier alpha value is -1.47. The maximum Gasteiger partial charge on any atom is 0.372 e. The lowest BCUT2D eigenvalue weighted by Gasteiger charge is -1.88. The standard InChI is InChI=1S/C5H6O5.C4H12N2/c6-3(5(9)10)1-2-4(7)8;5-3-1-2-4-6/h1-2H2,(H,7,8)(H,9,10);1-6H2. The van der Waals surface area contributed by atoms with Gasteiger partial charge in [0.25, 0.3) is 0 Å². The van der Waals surface area contributed by atoms with Crippen LogP contribution in [0.2, 0.25) is 0 Å². The Labute approximate surface area is 93.4 Å². The van der Waals surface area contributed by atoms with Gasteiger partial charge < -0.3 is 21.7 Å². The maximum atomic E-state index is 10.2. The van der Waals surface area contributed by atoms with Crippen molar-refractivity contribution < 1.29 is 24.6 Å². The lowest BCUT2D eigenvalue weighted by atomic mass is 10.2. The van der Waals surface area contributed by atoms with E-state index in [1.807, 2.05) is 0 Å². The summed E-state index contributed by atoms with van der Waals surface area (Å²) >= 11 is 0. The van der Waals surface area contributed by atoms with Crippen LogP contribution in [0.4, 0.5) is 0 Å². The summed E-state index contributed by atoms with van der Waals surface area (Å²) < 4.78 is 0. The van der Waals surface area contributed by atoms with Crippen molar-refractivity contribution in [3.05, 3.63) is 0 Å². The highest BCUT2D eigenvalue weighted by Gasteiger charge is 2.12. The van der Waals surface area contributed by atoms with Crippen molar-refractivity contribution in [2.75, 3.05) is 13.1 Å². The smallest absolute Gasteiger partial charge is 0.372 e. The van der Waals surface area contributed by atoms with E-state index in [2.05, 4.69) is 0 Å². The quantitative estimate of drug-likeness (QED) is 0.333. The highest BCUT2D eigenvalue weighted by molar-refractivity contribution is 6.32. The zero-order valence-corrected chi connectivity index (χ0v) is 9.02. The van der Waals surface area contributed by atoms with Crippen LogP contribution in [-0.2, 0) is 14.4 Å². The minimum atomic E-state index is -1.58. The lowest BCUT2D eigenvalue weighted by Crippen LogP contribution is -2.13. The van der Waals surface area contributed by atoms with Gasteiger partial charge in [0.1, 0.15) is 0 Å². The van der Waals surface area contributed by atoms with E-state index in [0.29, 0.717) is 0 Å². The molecule has 0 aromatic carbocycles. The van der Waals surface area contributed by atoms with Crippen LogP contribution in [-0.4, -0.2) is 41.0 Å².